The lowest BCUT2D eigenvalue weighted by atomic mass is 10.1. The van der Waals surface area contributed by atoms with E-state index in [1.165, 1.54) is 5.57 Å². The fourth-order valence-electron chi connectivity index (χ4n) is 2.03. The number of benzene rings is 1. The Hall–Kier alpha value is -1.48. The Morgan fingerprint density at radius 1 is 1.35 bits per heavy atom. The molecule has 0 aliphatic rings. The third-order valence-corrected chi connectivity index (χ3v) is 3.28. The Bertz CT molecular complexity index is 441. The summed E-state index contributed by atoms with van der Waals surface area (Å²) in [5, 5.41) is 3.49. The van der Waals surface area contributed by atoms with E-state index in [1.807, 2.05) is 19.1 Å². The Balaban J connectivity index is 2.97. The van der Waals surface area contributed by atoms with E-state index >= 15 is 0 Å². The maximum absolute atomic E-state index is 5.61. The Morgan fingerprint density at radius 2 is 2.10 bits per heavy atom. The van der Waals surface area contributed by atoms with Crippen molar-refractivity contribution in [2.75, 3.05) is 20.3 Å². The molecule has 0 aromatic heterocycles. The zero-order chi connectivity index (χ0) is 15.0. The highest BCUT2D eigenvalue weighted by Gasteiger charge is 2.10. The first-order valence-corrected chi connectivity index (χ1v) is 7.35. The number of hydrogen-bond acceptors (Lipinski definition) is 3. The van der Waals surface area contributed by atoms with E-state index in [-0.39, 0.29) is 0 Å². The van der Waals surface area contributed by atoms with E-state index in [0.29, 0.717) is 12.6 Å². The highest BCUT2D eigenvalue weighted by molar-refractivity contribution is 5.64. The van der Waals surface area contributed by atoms with E-state index < -0.39 is 0 Å². The maximum Gasteiger partial charge on any atom is 0.167 e. The van der Waals surface area contributed by atoms with Crippen molar-refractivity contribution in [2.24, 2.45) is 0 Å². The molecule has 0 spiro atoms. The van der Waals surface area contributed by atoms with Crippen molar-refractivity contribution in [3.63, 3.8) is 0 Å². The van der Waals surface area contributed by atoms with Crippen LogP contribution in [0.15, 0.2) is 23.8 Å². The third-order valence-electron chi connectivity index (χ3n) is 3.28. The predicted molar refractivity (Wildman–Crippen MR) is 85.6 cm³/mol. The molecule has 0 saturated heterocycles. The SMILES string of the molecule is CCCNC(C)/C(C)=C/c1cccc(OCC)c1OC. The lowest BCUT2D eigenvalue weighted by Gasteiger charge is -2.16. The summed E-state index contributed by atoms with van der Waals surface area (Å²) in [7, 11) is 1.68. The third kappa shape index (κ3) is 4.57. The van der Waals surface area contributed by atoms with Gasteiger partial charge >= 0.3 is 0 Å². The summed E-state index contributed by atoms with van der Waals surface area (Å²) in [6.45, 7) is 10.1. The number of ether oxygens (including phenoxy) is 2. The van der Waals surface area contributed by atoms with Crippen LogP contribution in [-0.2, 0) is 0 Å². The second-order valence-corrected chi connectivity index (χ2v) is 4.88. The van der Waals surface area contributed by atoms with Crippen LogP contribution in [0.1, 0.15) is 39.7 Å². The summed E-state index contributed by atoms with van der Waals surface area (Å²) in [6.07, 6.45) is 3.30. The van der Waals surface area contributed by atoms with Crippen molar-refractivity contribution in [2.45, 2.75) is 40.2 Å². The van der Waals surface area contributed by atoms with Crippen LogP contribution in [0, 0.1) is 0 Å². The molecule has 1 unspecified atom stereocenters. The monoisotopic (exact) mass is 277 g/mol. The lowest BCUT2D eigenvalue weighted by molar-refractivity contribution is 0.310. The van der Waals surface area contributed by atoms with Gasteiger partial charge in [0.05, 0.1) is 13.7 Å². The molecule has 0 bridgehead atoms. The minimum Gasteiger partial charge on any atom is -0.492 e. The molecule has 0 amide bonds. The molecule has 0 radical (unpaired) electrons. The minimum atomic E-state index is 0.357. The normalized spacial score (nSPS) is 13.2. The highest BCUT2D eigenvalue weighted by atomic mass is 16.5. The van der Waals surface area contributed by atoms with Crippen LogP contribution in [0.3, 0.4) is 0 Å². The molecule has 3 heteroatoms. The van der Waals surface area contributed by atoms with Crippen molar-refractivity contribution < 1.29 is 9.47 Å². The zero-order valence-corrected chi connectivity index (χ0v) is 13.3. The second-order valence-electron chi connectivity index (χ2n) is 4.88. The Kier molecular flexibility index (Phi) is 7.16. The first-order chi connectivity index (χ1) is 9.63. The number of hydrogen-bond donors (Lipinski definition) is 1. The summed E-state index contributed by atoms with van der Waals surface area (Å²) in [6, 6.07) is 6.34. The molecule has 0 aliphatic carbocycles. The summed E-state index contributed by atoms with van der Waals surface area (Å²) < 4.78 is 11.1. The predicted octanol–water partition coefficient (Wildman–Crippen LogP) is 3.89. The van der Waals surface area contributed by atoms with Crippen molar-refractivity contribution >= 4 is 6.08 Å². The van der Waals surface area contributed by atoms with Gasteiger partial charge in [-0.25, -0.2) is 0 Å². The molecular weight excluding hydrogens is 250 g/mol. The first-order valence-electron chi connectivity index (χ1n) is 7.35. The van der Waals surface area contributed by atoms with Gasteiger partial charge in [0.15, 0.2) is 11.5 Å². The van der Waals surface area contributed by atoms with E-state index in [4.69, 9.17) is 9.47 Å². The van der Waals surface area contributed by atoms with E-state index in [2.05, 4.69) is 38.2 Å². The largest absolute Gasteiger partial charge is 0.492 e. The van der Waals surface area contributed by atoms with Crippen LogP contribution in [0.25, 0.3) is 6.08 Å². The molecule has 3 nitrogen and oxygen atoms in total. The topological polar surface area (TPSA) is 30.5 Å². The average Bonchev–Trinajstić information content (AvgIpc) is 2.45. The number of para-hydroxylation sites is 1. The lowest BCUT2D eigenvalue weighted by Crippen LogP contribution is -2.27. The fraction of sp³-hybridized carbons (Fsp3) is 0.529. The Morgan fingerprint density at radius 3 is 2.70 bits per heavy atom. The maximum atomic E-state index is 5.61. The van der Waals surface area contributed by atoms with Gasteiger partial charge in [0.25, 0.3) is 0 Å². The molecular formula is C17H27NO2. The first kappa shape index (κ1) is 16.6. The summed E-state index contributed by atoms with van der Waals surface area (Å²) in [5.74, 6) is 1.60. The van der Waals surface area contributed by atoms with Gasteiger partial charge < -0.3 is 14.8 Å². The van der Waals surface area contributed by atoms with Crippen LogP contribution in [-0.4, -0.2) is 26.3 Å². The van der Waals surface area contributed by atoms with Gasteiger partial charge in [-0.3, -0.25) is 0 Å². The standard InChI is InChI=1S/C17H27NO2/c1-6-11-18-14(4)13(3)12-15-9-8-10-16(20-7-2)17(15)19-5/h8-10,12,14,18H,6-7,11H2,1-5H3/b13-12+. The molecule has 1 atom stereocenters. The van der Waals surface area contributed by atoms with Crippen LogP contribution < -0.4 is 14.8 Å². The molecule has 0 heterocycles. The van der Waals surface area contributed by atoms with Gasteiger partial charge in [0.1, 0.15) is 0 Å². The smallest absolute Gasteiger partial charge is 0.167 e. The molecule has 112 valence electrons. The molecule has 1 aromatic carbocycles. The van der Waals surface area contributed by atoms with Gasteiger partial charge in [-0.2, -0.15) is 0 Å². The van der Waals surface area contributed by atoms with Gasteiger partial charge in [-0.05, 0) is 39.8 Å². The Labute approximate surface area is 123 Å². The molecule has 20 heavy (non-hydrogen) atoms. The van der Waals surface area contributed by atoms with Gasteiger partial charge in [-0.15, -0.1) is 0 Å². The van der Waals surface area contributed by atoms with Crippen molar-refractivity contribution in [1.29, 1.82) is 0 Å². The molecule has 1 rings (SSSR count). The van der Waals surface area contributed by atoms with E-state index in [1.54, 1.807) is 7.11 Å². The van der Waals surface area contributed by atoms with Gasteiger partial charge in [-0.1, -0.05) is 30.7 Å². The quantitative estimate of drug-likeness (QED) is 0.782. The van der Waals surface area contributed by atoms with Crippen LogP contribution in [0.4, 0.5) is 0 Å². The van der Waals surface area contributed by atoms with Crippen molar-refractivity contribution in [3.8, 4) is 11.5 Å². The van der Waals surface area contributed by atoms with E-state index in [9.17, 15) is 0 Å². The summed E-state index contributed by atoms with van der Waals surface area (Å²) in [4.78, 5) is 0. The van der Waals surface area contributed by atoms with Gasteiger partial charge in [0, 0.05) is 11.6 Å². The summed E-state index contributed by atoms with van der Waals surface area (Å²) in [5.41, 5.74) is 2.34. The average molecular weight is 277 g/mol. The van der Waals surface area contributed by atoms with Gasteiger partial charge in [0.2, 0.25) is 0 Å². The van der Waals surface area contributed by atoms with E-state index in [0.717, 1.165) is 30.0 Å². The number of methoxy groups -OCH3 is 1. The molecule has 1 aromatic rings. The molecule has 0 fully saturated rings. The second kappa shape index (κ2) is 8.64. The van der Waals surface area contributed by atoms with Crippen LogP contribution >= 0.6 is 0 Å². The minimum absolute atomic E-state index is 0.357. The van der Waals surface area contributed by atoms with Crippen molar-refractivity contribution in [3.05, 3.63) is 29.3 Å². The molecule has 0 saturated carbocycles. The fourth-order valence-corrected chi connectivity index (χ4v) is 2.03. The zero-order valence-electron chi connectivity index (χ0n) is 13.3. The highest BCUT2D eigenvalue weighted by Crippen LogP contribution is 2.32. The van der Waals surface area contributed by atoms with Crippen LogP contribution in [0.5, 0.6) is 11.5 Å². The number of nitrogens with one attached hydrogen (secondary N) is 1. The number of rotatable bonds is 8. The molecule has 1 N–H and O–H groups in total. The van der Waals surface area contributed by atoms with Crippen molar-refractivity contribution in [1.82, 2.24) is 5.32 Å². The summed E-state index contributed by atoms with van der Waals surface area (Å²) >= 11 is 0. The molecule has 0 aliphatic heterocycles. The van der Waals surface area contributed by atoms with Crippen LogP contribution in [0.2, 0.25) is 0 Å².